The Kier molecular flexibility index (Phi) is 4.53. The van der Waals surface area contributed by atoms with Crippen molar-refractivity contribution < 1.29 is 4.79 Å². The van der Waals surface area contributed by atoms with Gasteiger partial charge in [-0.05, 0) is 92.4 Å². The molecule has 3 aliphatic rings. The standard InChI is InChI=1S/C22H36O/c1-15-6-8-18-19(21(3,4)12-10-17(23)14-15)11-13-22(5)16(2)7-9-20(18)22/h14,16,18-20H,6-13H2,1-5H3/b15-14+. The molecule has 0 heterocycles. The predicted octanol–water partition coefficient (Wildman–Crippen LogP) is 6.18. The van der Waals surface area contributed by atoms with Gasteiger partial charge in [0.2, 0.25) is 0 Å². The number of ketones is 1. The highest BCUT2D eigenvalue weighted by atomic mass is 16.1. The molecular weight excluding hydrogens is 280 g/mol. The molecule has 5 unspecified atom stereocenters. The Morgan fingerprint density at radius 1 is 0.957 bits per heavy atom. The Labute approximate surface area is 143 Å². The number of hydrogen-bond donors (Lipinski definition) is 0. The van der Waals surface area contributed by atoms with Crippen LogP contribution in [-0.4, -0.2) is 5.78 Å². The molecule has 3 rings (SSSR count). The Bertz CT molecular complexity index is 500. The van der Waals surface area contributed by atoms with Crippen molar-refractivity contribution in [3.63, 3.8) is 0 Å². The minimum absolute atomic E-state index is 0.312. The lowest BCUT2D eigenvalue weighted by Gasteiger charge is -2.53. The van der Waals surface area contributed by atoms with Crippen LogP contribution in [0.1, 0.15) is 86.0 Å². The Balaban J connectivity index is 1.92. The van der Waals surface area contributed by atoms with Crippen molar-refractivity contribution in [3.05, 3.63) is 11.6 Å². The second-order valence-electron chi connectivity index (χ2n) is 9.88. The van der Waals surface area contributed by atoms with Crippen molar-refractivity contribution >= 4 is 5.78 Å². The van der Waals surface area contributed by atoms with E-state index in [1.807, 2.05) is 6.08 Å². The normalized spacial score (nSPS) is 46.5. The van der Waals surface area contributed by atoms with Gasteiger partial charge in [-0.2, -0.15) is 0 Å². The number of carbonyl (C=O) groups is 1. The van der Waals surface area contributed by atoms with Crippen molar-refractivity contribution in [2.24, 2.45) is 34.5 Å². The Morgan fingerprint density at radius 3 is 2.43 bits per heavy atom. The molecule has 0 radical (unpaired) electrons. The summed E-state index contributed by atoms with van der Waals surface area (Å²) < 4.78 is 0. The molecule has 2 saturated carbocycles. The van der Waals surface area contributed by atoms with E-state index in [0.717, 1.165) is 42.9 Å². The summed E-state index contributed by atoms with van der Waals surface area (Å²) in [6.45, 7) is 12.1. The van der Waals surface area contributed by atoms with Gasteiger partial charge in [0, 0.05) is 6.42 Å². The van der Waals surface area contributed by atoms with Gasteiger partial charge < -0.3 is 0 Å². The summed E-state index contributed by atoms with van der Waals surface area (Å²) in [6.07, 6.45) is 11.8. The van der Waals surface area contributed by atoms with Gasteiger partial charge in [0.1, 0.15) is 0 Å². The van der Waals surface area contributed by atoms with Crippen LogP contribution < -0.4 is 0 Å². The summed E-state index contributed by atoms with van der Waals surface area (Å²) in [4.78, 5) is 12.2. The highest BCUT2D eigenvalue weighted by Gasteiger charge is 2.54. The van der Waals surface area contributed by atoms with Crippen LogP contribution in [0.2, 0.25) is 0 Å². The summed E-state index contributed by atoms with van der Waals surface area (Å²) in [5, 5.41) is 0. The van der Waals surface area contributed by atoms with E-state index >= 15 is 0 Å². The van der Waals surface area contributed by atoms with Gasteiger partial charge in [0.05, 0.1) is 0 Å². The first-order valence-electron chi connectivity index (χ1n) is 9.94. The number of carbonyl (C=O) groups excluding carboxylic acids is 1. The van der Waals surface area contributed by atoms with Gasteiger partial charge >= 0.3 is 0 Å². The fourth-order valence-corrected chi connectivity index (χ4v) is 6.37. The topological polar surface area (TPSA) is 17.1 Å². The van der Waals surface area contributed by atoms with Crippen LogP contribution in [0.4, 0.5) is 0 Å². The van der Waals surface area contributed by atoms with Crippen LogP contribution in [0.3, 0.4) is 0 Å². The van der Waals surface area contributed by atoms with E-state index in [9.17, 15) is 4.79 Å². The van der Waals surface area contributed by atoms with Crippen LogP contribution in [0.15, 0.2) is 11.6 Å². The molecule has 130 valence electrons. The third kappa shape index (κ3) is 3.05. The average Bonchev–Trinajstić information content (AvgIpc) is 2.78. The third-order valence-electron chi connectivity index (χ3n) is 8.21. The maximum atomic E-state index is 12.2. The van der Waals surface area contributed by atoms with E-state index in [1.165, 1.54) is 37.7 Å². The van der Waals surface area contributed by atoms with Gasteiger partial charge in [0.15, 0.2) is 5.78 Å². The molecule has 0 aromatic carbocycles. The van der Waals surface area contributed by atoms with Crippen molar-refractivity contribution in [2.75, 3.05) is 0 Å². The molecule has 0 amide bonds. The fourth-order valence-electron chi connectivity index (χ4n) is 6.37. The Hall–Kier alpha value is -0.590. The molecule has 0 N–H and O–H groups in total. The van der Waals surface area contributed by atoms with Crippen LogP contribution in [-0.2, 0) is 4.79 Å². The molecule has 2 fully saturated rings. The van der Waals surface area contributed by atoms with Gasteiger partial charge in [-0.1, -0.05) is 33.3 Å². The minimum atomic E-state index is 0.312. The Morgan fingerprint density at radius 2 is 1.70 bits per heavy atom. The van der Waals surface area contributed by atoms with Crippen molar-refractivity contribution in [2.45, 2.75) is 86.0 Å². The SMILES string of the molecule is C/C1=C\C(=O)CCC(C)(C)C2CCC3(C)C(C)CCC3C2CC1. The number of allylic oxidation sites excluding steroid dienone is 2. The van der Waals surface area contributed by atoms with E-state index in [-0.39, 0.29) is 0 Å². The van der Waals surface area contributed by atoms with Crippen LogP contribution in [0.5, 0.6) is 0 Å². The molecule has 0 aromatic rings. The molecule has 0 aliphatic heterocycles. The summed E-state index contributed by atoms with van der Waals surface area (Å²) in [5.74, 6) is 3.84. The lowest BCUT2D eigenvalue weighted by Crippen LogP contribution is -2.45. The third-order valence-corrected chi connectivity index (χ3v) is 8.21. The van der Waals surface area contributed by atoms with Crippen molar-refractivity contribution in [1.29, 1.82) is 0 Å². The lowest BCUT2D eigenvalue weighted by molar-refractivity contribution is -0.116. The molecule has 0 saturated heterocycles. The quantitative estimate of drug-likeness (QED) is 0.521. The molecule has 0 bridgehead atoms. The molecule has 3 aliphatic carbocycles. The summed E-state index contributed by atoms with van der Waals surface area (Å²) >= 11 is 0. The monoisotopic (exact) mass is 316 g/mol. The first kappa shape index (κ1) is 17.2. The van der Waals surface area contributed by atoms with Gasteiger partial charge in [-0.25, -0.2) is 0 Å². The van der Waals surface area contributed by atoms with Gasteiger partial charge in [-0.3, -0.25) is 4.79 Å². The second kappa shape index (κ2) is 6.05. The van der Waals surface area contributed by atoms with E-state index in [4.69, 9.17) is 0 Å². The molecule has 0 spiro atoms. The van der Waals surface area contributed by atoms with E-state index in [1.54, 1.807) is 0 Å². The number of fused-ring (bicyclic) bond motifs is 3. The summed E-state index contributed by atoms with van der Waals surface area (Å²) in [6, 6.07) is 0. The predicted molar refractivity (Wildman–Crippen MR) is 97.2 cm³/mol. The lowest BCUT2D eigenvalue weighted by atomic mass is 9.52. The molecule has 1 heteroatoms. The van der Waals surface area contributed by atoms with E-state index in [2.05, 4.69) is 34.6 Å². The average molecular weight is 317 g/mol. The minimum Gasteiger partial charge on any atom is -0.295 e. The smallest absolute Gasteiger partial charge is 0.155 e. The van der Waals surface area contributed by atoms with Crippen molar-refractivity contribution in [3.8, 4) is 0 Å². The molecule has 1 nitrogen and oxygen atoms in total. The van der Waals surface area contributed by atoms with E-state index in [0.29, 0.717) is 16.6 Å². The maximum Gasteiger partial charge on any atom is 0.155 e. The summed E-state index contributed by atoms with van der Waals surface area (Å²) in [7, 11) is 0. The highest BCUT2D eigenvalue weighted by Crippen LogP contribution is 2.62. The van der Waals surface area contributed by atoms with Crippen molar-refractivity contribution in [1.82, 2.24) is 0 Å². The second-order valence-corrected chi connectivity index (χ2v) is 9.88. The number of rotatable bonds is 0. The highest BCUT2D eigenvalue weighted by molar-refractivity contribution is 5.90. The molecular formula is C22H36O. The summed E-state index contributed by atoms with van der Waals surface area (Å²) in [5.41, 5.74) is 2.20. The van der Waals surface area contributed by atoms with Crippen LogP contribution in [0, 0.1) is 34.5 Å². The number of hydrogen-bond acceptors (Lipinski definition) is 1. The zero-order valence-electron chi connectivity index (χ0n) is 16.0. The largest absolute Gasteiger partial charge is 0.295 e. The van der Waals surface area contributed by atoms with Gasteiger partial charge in [0.25, 0.3) is 0 Å². The fraction of sp³-hybridized carbons (Fsp3) is 0.864. The molecule has 23 heavy (non-hydrogen) atoms. The van der Waals surface area contributed by atoms with Gasteiger partial charge in [-0.15, -0.1) is 0 Å². The van der Waals surface area contributed by atoms with E-state index < -0.39 is 0 Å². The molecule has 0 aromatic heterocycles. The van der Waals surface area contributed by atoms with Crippen LogP contribution in [0.25, 0.3) is 0 Å². The first-order chi connectivity index (χ1) is 10.7. The van der Waals surface area contributed by atoms with Crippen LogP contribution >= 0.6 is 0 Å². The zero-order valence-corrected chi connectivity index (χ0v) is 16.0. The molecule has 5 atom stereocenters. The maximum absolute atomic E-state index is 12.2. The zero-order chi connectivity index (χ0) is 16.8. The first-order valence-corrected chi connectivity index (χ1v) is 9.94.